The Balaban J connectivity index is 2.43. The van der Waals surface area contributed by atoms with Gasteiger partial charge in [0.2, 0.25) is 0 Å². The molecular formula is C9H16O. The molecule has 1 heteroatoms. The Morgan fingerprint density at radius 3 is 2.30 bits per heavy atom. The molecule has 0 bridgehead atoms. The summed E-state index contributed by atoms with van der Waals surface area (Å²) in [5, 5.41) is 0. The van der Waals surface area contributed by atoms with Crippen LogP contribution in [0, 0.1) is 5.41 Å². The molecule has 58 valence electrons. The van der Waals surface area contributed by atoms with Gasteiger partial charge in [-0.2, -0.15) is 0 Å². The molecule has 0 N–H and O–H groups in total. The van der Waals surface area contributed by atoms with E-state index in [2.05, 4.69) is 6.92 Å². The van der Waals surface area contributed by atoms with Gasteiger partial charge in [0.15, 0.2) is 0 Å². The van der Waals surface area contributed by atoms with Gasteiger partial charge < -0.3 is 0 Å². The summed E-state index contributed by atoms with van der Waals surface area (Å²) in [5.74, 6) is 0.495. The van der Waals surface area contributed by atoms with Crippen molar-refractivity contribution in [3.8, 4) is 0 Å². The van der Waals surface area contributed by atoms with E-state index in [0.29, 0.717) is 5.78 Å². The van der Waals surface area contributed by atoms with Crippen LogP contribution in [0.5, 0.6) is 0 Å². The molecular weight excluding hydrogens is 124 g/mol. The molecule has 1 aliphatic carbocycles. The van der Waals surface area contributed by atoms with Crippen LogP contribution in [0.2, 0.25) is 0 Å². The molecule has 0 aromatic carbocycles. The van der Waals surface area contributed by atoms with E-state index in [-0.39, 0.29) is 5.41 Å². The van der Waals surface area contributed by atoms with Crippen LogP contribution >= 0.6 is 0 Å². The van der Waals surface area contributed by atoms with Gasteiger partial charge in [-0.3, -0.25) is 4.79 Å². The van der Waals surface area contributed by atoms with Gasteiger partial charge in [0.1, 0.15) is 5.78 Å². The number of hydrogen-bond donors (Lipinski definition) is 0. The Labute approximate surface area is 62.8 Å². The lowest BCUT2D eigenvalue weighted by atomic mass is 9.94. The van der Waals surface area contributed by atoms with Crippen molar-refractivity contribution >= 4 is 5.78 Å². The zero-order valence-corrected chi connectivity index (χ0v) is 6.94. The molecule has 0 spiro atoms. The van der Waals surface area contributed by atoms with Gasteiger partial charge >= 0.3 is 0 Å². The molecule has 0 amide bonds. The average molecular weight is 140 g/mol. The minimum absolute atomic E-state index is 0.170. The summed E-state index contributed by atoms with van der Waals surface area (Å²) in [6.07, 6.45) is 5.34. The van der Waals surface area contributed by atoms with Crippen molar-refractivity contribution in [2.45, 2.75) is 46.0 Å². The highest BCUT2D eigenvalue weighted by molar-refractivity contribution is 5.86. The van der Waals surface area contributed by atoms with Gasteiger partial charge in [-0.05, 0) is 19.3 Å². The first-order chi connectivity index (χ1) is 4.75. The fourth-order valence-electron chi connectivity index (χ4n) is 1.67. The monoisotopic (exact) mass is 140 g/mol. The maximum Gasteiger partial charge on any atom is 0.138 e. The fraction of sp³-hybridized carbons (Fsp3) is 0.889. The third-order valence-electron chi connectivity index (χ3n) is 2.49. The van der Waals surface area contributed by atoms with E-state index in [1.54, 1.807) is 0 Å². The van der Waals surface area contributed by atoms with Gasteiger partial charge in [0.25, 0.3) is 0 Å². The van der Waals surface area contributed by atoms with Crippen LogP contribution in [0.15, 0.2) is 0 Å². The van der Waals surface area contributed by atoms with Gasteiger partial charge in [-0.1, -0.05) is 20.3 Å². The Hall–Kier alpha value is -0.330. The molecule has 0 atom stereocenters. The molecule has 1 rings (SSSR count). The first-order valence-electron chi connectivity index (χ1n) is 4.28. The summed E-state index contributed by atoms with van der Waals surface area (Å²) >= 11 is 0. The quantitative estimate of drug-likeness (QED) is 0.586. The minimum Gasteiger partial charge on any atom is -0.299 e. The first-order valence-corrected chi connectivity index (χ1v) is 4.28. The molecule has 10 heavy (non-hydrogen) atoms. The second kappa shape index (κ2) is 2.73. The highest BCUT2D eigenvalue weighted by Gasteiger charge is 2.46. The highest BCUT2D eigenvalue weighted by Crippen LogP contribution is 2.50. The minimum atomic E-state index is 0.170. The van der Waals surface area contributed by atoms with Crippen LogP contribution < -0.4 is 0 Å². The maximum absolute atomic E-state index is 11.3. The molecule has 0 aromatic heterocycles. The summed E-state index contributed by atoms with van der Waals surface area (Å²) in [6.45, 7) is 4.13. The predicted molar refractivity (Wildman–Crippen MR) is 41.9 cm³/mol. The lowest BCUT2D eigenvalue weighted by Crippen LogP contribution is -2.13. The zero-order valence-electron chi connectivity index (χ0n) is 6.94. The summed E-state index contributed by atoms with van der Waals surface area (Å²) in [7, 11) is 0. The van der Waals surface area contributed by atoms with E-state index >= 15 is 0 Å². The predicted octanol–water partition coefficient (Wildman–Crippen LogP) is 2.55. The van der Waals surface area contributed by atoms with Crippen molar-refractivity contribution in [2.24, 2.45) is 5.41 Å². The molecule has 0 radical (unpaired) electrons. The number of carbonyl (C=O) groups excluding carboxylic acids is 1. The van der Waals surface area contributed by atoms with Crippen molar-refractivity contribution in [1.29, 1.82) is 0 Å². The smallest absolute Gasteiger partial charge is 0.138 e. The van der Waals surface area contributed by atoms with E-state index in [9.17, 15) is 4.79 Å². The van der Waals surface area contributed by atoms with Crippen LogP contribution in [-0.4, -0.2) is 5.78 Å². The number of Topliss-reactive ketones (excluding diaryl/α,β-unsaturated/α-hetero) is 1. The Morgan fingerprint density at radius 2 is 2.00 bits per heavy atom. The molecule has 1 nitrogen and oxygen atoms in total. The number of rotatable bonds is 4. The Kier molecular flexibility index (Phi) is 2.12. The lowest BCUT2D eigenvalue weighted by Gasteiger charge is -2.09. The summed E-state index contributed by atoms with van der Waals surface area (Å²) in [6, 6.07) is 0. The normalized spacial score (nSPS) is 20.6. The Morgan fingerprint density at radius 1 is 1.40 bits per heavy atom. The molecule has 1 saturated carbocycles. The second-order valence-electron chi connectivity index (χ2n) is 3.31. The fourth-order valence-corrected chi connectivity index (χ4v) is 1.67. The van der Waals surface area contributed by atoms with Crippen molar-refractivity contribution < 1.29 is 4.79 Å². The van der Waals surface area contributed by atoms with E-state index in [4.69, 9.17) is 0 Å². The van der Waals surface area contributed by atoms with Gasteiger partial charge in [0, 0.05) is 11.8 Å². The number of ketones is 1. The third-order valence-corrected chi connectivity index (χ3v) is 2.49. The van der Waals surface area contributed by atoms with Gasteiger partial charge in [-0.25, -0.2) is 0 Å². The highest BCUT2D eigenvalue weighted by atomic mass is 16.1. The Bertz CT molecular complexity index is 134. The maximum atomic E-state index is 11.3. The van der Waals surface area contributed by atoms with Gasteiger partial charge in [-0.15, -0.1) is 0 Å². The first kappa shape index (κ1) is 7.77. The van der Waals surface area contributed by atoms with Crippen LogP contribution in [-0.2, 0) is 4.79 Å². The van der Waals surface area contributed by atoms with Gasteiger partial charge in [0.05, 0.1) is 0 Å². The van der Waals surface area contributed by atoms with E-state index in [0.717, 1.165) is 32.1 Å². The molecule has 0 aromatic rings. The third kappa shape index (κ3) is 1.23. The van der Waals surface area contributed by atoms with Crippen molar-refractivity contribution in [3.05, 3.63) is 0 Å². The standard InChI is InChI=1S/C9H16O/c1-3-5-9(6-7-9)8(10)4-2/h3-7H2,1-2H3. The van der Waals surface area contributed by atoms with Crippen molar-refractivity contribution in [2.75, 3.05) is 0 Å². The second-order valence-corrected chi connectivity index (χ2v) is 3.31. The molecule has 1 aliphatic rings. The number of hydrogen-bond acceptors (Lipinski definition) is 1. The molecule has 1 fully saturated rings. The van der Waals surface area contributed by atoms with Crippen LogP contribution in [0.25, 0.3) is 0 Å². The topological polar surface area (TPSA) is 17.1 Å². The van der Waals surface area contributed by atoms with E-state index < -0.39 is 0 Å². The summed E-state index contributed by atoms with van der Waals surface area (Å²) in [4.78, 5) is 11.3. The SMILES string of the molecule is CCCC1(C(=O)CC)CC1. The zero-order chi connectivity index (χ0) is 7.61. The largest absolute Gasteiger partial charge is 0.299 e. The van der Waals surface area contributed by atoms with E-state index in [1.165, 1.54) is 0 Å². The molecule has 0 saturated heterocycles. The number of carbonyl (C=O) groups is 1. The summed E-state index contributed by atoms with van der Waals surface area (Å²) < 4.78 is 0. The van der Waals surface area contributed by atoms with E-state index in [1.807, 2.05) is 6.92 Å². The molecule has 0 unspecified atom stereocenters. The van der Waals surface area contributed by atoms with Crippen LogP contribution in [0.1, 0.15) is 46.0 Å². The summed E-state index contributed by atoms with van der Waals surface area (Å²) in [5.41, 5.74) is 0.170. The van der Waals surface area contributed by atoms with Crippen molar-refractivity contribution in [3.63, 3.8) is 0 Å². The lowest BCUT2D eigenvalue weighted by molar-refractivity contribution is -0.124. The van der Waals surface area contributed by atoms with Crippen molar-refractivity contribution in [1.82, 2.24) is 0 Å². The van der Waals surface area contributed by atoms with Crippen LogP contribution in [0.4, 0.5) is 0 Å². The average Bonchev–Trinajstić information content (AvgIpc) is 2.69. The molecule has 0 heterocycles. The molecule has 0 aliphatic heterocycles. The van der Waals surface area contributed by atoms with Crippen LogP contribution in [0.3, 0.4) is 0 Å².